The normalized spacial score (nSPS) is 17.5. The quantitative estimate of drug-likeness (QED) is 0.824. The molecule has 0 spiro atoms. The van der Waals surface area contributed by atoms with Crippen molar-refractivity contribution in [1.82, 2.24) is 4.90 Å². The minimum absolute atomic E-state index is 0.210. The van der Waals surface area contributed by atoms with Crippen LogP contribution in [0.2, 0.25) is 0 Å². The Bertz CT molecular complexity index is 633. The van der Waals surface area contributed by atoms with E-state index < -0.39 is 0 Å². The molecule has 1 heterocycles. The van der Waals surface area contributed by atoms with E-state index in [1.54, 1.807) is 0 Å². The van der Waals surface area contributed by atoms with Crippen LogP contribution in [0.5, 0.6) is 0 Å². The van der Waals surface area contributed by atoms with Gasteiger partial charge in [-0.3, -0.25) is 4.79 Å². The molecule has 0 radical (unpaired) electrons. The van der Waals surface area contributed by atoms with Crippen molar-refractivity contribution in [2.45, 2.75) is 25.4 Å². The molecule has 1 atom stereocenters. The maximum atomic E-state index is 12.2. The molecule has 126 valence electrons. The molecule has 0 bridgehead atoms. The third kappa shape index (κ3) is 4.31. The summed E-state index contributed by atoms with van der Waals surface area (Å²) in [4.78, 5) is 14.5. The Kier molecular flexibility index (Phi) is 5.78. The van der Waals surface area contributed by atoms with E-state index >= 15 is 0 Å². The van der Waals surface area contributed by atoms with Crippen molar-refractivity contribution >= 4 is 5.78 Å². The highest BCUT2D eigenvalue weighted by molar-refractivity contribution is 5.96. The topological polar surface area (TPSA) is 40.5 Å². The first-order chi connectivity index (χ1) is 11.7. The minimum Gasteiger partial charge on any atom is -0.388 e. The number of rotatable bonds is 6. The fraction of sp³-hybridized carbons (Fsp3) is 0.381. The van der Waals surface area contributed by atoms with E-state index in [4.69, 9.17) is 0 Å². The van der Waals surface area contributed by atoms with Gasteiger partial charge in [-0.15, -0.1) is 0 Å². The van der Waals surface area contributed by atoms with Gasteiger partial charge in [-0.2, -0.15) is 0 Å². The molecule has 1 aliphatic heterocycles. The van der Waals surface area contributed by atoms with Crippen LogP contribution in [0.15, 0.2) is 60.7 Å². The molecule has 0 saturated carbocycles. The molecule has 1 N–H and O–H groups in total. The van der Waals surface area contributed by atoms with Crippen molar-refractivity contribution in [3.05, 3.63) is 71.8 Å². The predicted octanol–water partition coefficient (Wildman–Crippen LogP) is 3.71. The van der Waals surface area contributed by atoms with Crippen LogP contribution in [0.4, 0.5) is 0 Å². The Morgan fingerprint density at radius 3 is 2.21 bits per heavy atom. The summed E-state index contributed by atoms with van der Waals surface area (Å²) >= 11 is 0. The van der Waals surface area contributed by atoms with Gasteiger partial charge in [0.2, 0.25) is 0 Å². The summed E-state index contributed by atoms with van der Waals surface area (Å²) in [6.07, 6.45) is 2.15. The molecule has 2 aromatic rings. The van der Waals surface area contributed by atoms with Gasteiger partial charge in [-0.1, -0.05) is 60.7 Å². The van der Waals surface area contributed by atoms with Gasteiger partial charge in [0.25, 0.3) is 0 Å². The smallest absolute Gasteiger partial charge is 0.164 e. The fourth-order valence-electron chi connectivity index (χ4n) is 3.44. The van der Waals surface area contributed by atoms with E-state index in [1.165, 1.54) is 0 Å². The van der Waals surface area contributed by atoms with Crippen molar-refractivity contribution < 1.29 is 9.90 Å². The molecule has 1 aliphatic rings. The number of carbonyl (C=O) groups excluding carboxylic acids is 1. The summed E-state index contributed by atoms with van der Waals surface area (Å²) < 4.78 is 0. The van der Waals surface area contributed by atoms with Crippen molar-refractivity contribution in [1.29, 1.82) is 0 Å². The largest absolute Gasteiger partial charge is 0.388 e. The van der Waals surface area contributed by atoms with Crippen LogP contribution >= 0.6 is 0 Å². The van der Waals surface area contributed by atoms with E-state index in [0.29, 0.717) is 12.3 Å². The molecule has 3 rings (SSSR count). The number of hydrogen-bond donors (Lipinski definition) is 1. The summed E-state index contributed by atoms with van der Waals surface area (Å²) in [5.74, 6) is 0.524. The summed E-state index contributed by atoms with van der Waals surface area (Å²) in [6, 6.07) is 19.4. The zero-order chi connectivity index (χ0) is 16.8. The van der Waals surface area contributed by atoms with Crippen LogP contribution in [0.3, 0.4) is 0 Å². The average molecular weight is 323 g/mol. The van der Waals surface area contributed by atoms with Crippen LogP contribution in [0.25, 0.3) is 0 Å². The zero-order valence-corrected chi connectivity index (χ0v) is 14.0. The van der Waals surface area contributed by atoms with Crippen LogP contribution < -0.4 is 0 Å². The number of piperidine rings is 1. The van der Waals surface area contributed by atoms with Crippen molar-refractivity contribution in [2.75, 3.05) is 19.6 Å². The van der Waals surface area contributed by atoms with Gasteiger partial charge in [-0.05, 0) is 37.4 Å². The van der Waals surface area contributed by atoms with E-state index in [0.717, 1.165) is 43.6 Å². The first-order valence-corrected chi connectivity index (χ1v) is 8.77. The minimum atomic E-state index is -0.376. The molecular formula is C21H25NO2. The lowest BCUT2D eigenvalue weighted by Gasteiger charge is -2.34. The third-order valence-corrected chi connectivity index (χ3v) is 4.97. The van der Waals surface area contributed by atoms with E-state index in [-0.39, 0.29) is 11.9 Å². The van der Waals surface area contributed by atoms with E-state index in [9.17, 15) is 9.90 Å². The lowest BCUT2D eigenvalue weighted by atomic mass is 9.87. The Hall–Kier alpha value is -1.97. The molecule has 0 aliphatic carbocycles. The molecule has 3 heteroatoms. The second kappa shape index (κ2) is 8.22. The molecule has 0 aromatic heterocycles. The first-order valence-electron chi connectivity index (χ1n) is 8.77. The number of aliphatic hydroxyl groups excluding tert-OH is 1. The SMILES string of the molecule is O=C(CCN1CCC(C(O)c2ccccc2)CC1)c1ccccc1. The molecule has 0 amide bonds. The molecule has 1 fully saturated rings. The summed E-state index contributed by atoms with van der Waals surface area (Å²) in [5.41, 5.74) is 1.81. The lowest BCUT2D eigenvalue weighted by molar-refractivity contribution is 0.0576. The van der Waals surface area contributed by atoms with Gasteiger partial charge < -0.3 is 10.0 Å². The van der Waals surface area contributed by atoms with Gasteiger partial charge in [0.05, 0.1) is 6.10 Å². The van der Waals surface area contributed by atoms with Crippen molar-refractivity contribution in [3.63, 3.8) is 0 Å². The van der Waals surface area contributed by atoms with Gasteiger partial charge >= 0.3 is 0 Å². The highest BCUT2D eigenvalue weighted by Gasteiger charge is 2.26. The van der Waals surface area contributed by atoms with Crippen LogP contribution in [0.1, 0.15) is 41.3 Å². The Balaban J connectivity index is 1.45. The monoisotopic (exact) mass is 323 g/mol. The van der Waals surface area contributed by atoms with E-state index in [2.05, 4.69) is 4.90 Å². The second-order valence-corrected chi connectivity index (χ2v) is 6.57. The lowest BCUT2D eigenvalue weighted by Crippen LogP contribution is -2.36. The van der Waals surface area contributed by atoms with Gasteiger partial charge in [0, 0.05) is 18.5 Å². The van der Waals surface area contributed by atoms with Crippen molar-refractivity contribution in [3.8, 4) is 0 Å². The Labute approximate surface area is 143 Å². The molecule has 1 saturated heterocycles. The number of Topliss-reactive ketones (excluding diaryl/α,β-unsaturated/α-hetero) is 1. The fourth-order valence-corrected chi connectivity index (χ4v) is 3.44. The maximum Gasteiger partial charge on any atom is 0.164 e. The highest BCUT2D eigenvalue weighted by Crippen LogP contribution is 2.30. The number of aliphatic hydroxyl groups is 1. The molecule has 3 nitrogen and oxygen atoms in total. The third-order valence-electron chi connectivity index (χ3n) is 4.97. The summed E-state index contributed by atoms with van der Waals surface area (Å²) in [6.45, 7) is 2.72. The standard InChI is InChI=1S/C21H25NO2/c23-20(17-7-3-1-4-8-17)13-16-22-14-11-19(12-15-22)21(24)18-9-5-2-6-10-18/h1-10,19,21,24H,11-16H2. The number of ketones is 1. The number of benzene rings is 2. The number of nitrogens with zero attached hydrogens (tertiary/aromatic N) is 1. The van der Waals surface area contributed by atoms with Crippen molar-refractivity contribution in [2.24, 2.45) is 5.92 Å². The Morgan fingerprint density at radius 1 is 1.00 bits per heavy atom. The Morgan fingerprint density at radius 2 is 1.58 bits per heavy atom. The molecule has 1 unspecified atom stereocenters. The molecule has 2 aromatic carbocycles. The first kappa shape index (κ1) is 16.9. The van der Waals surface area contributed by atoms with Gasteiger partial charge in [-0.25, -0.2) is 0 Å². The number of likely N-dealkylation sites (tertiary alicyclic amines) is 1. The maximum absolute atomic E-state index is 12.2. The second-order valence-electron chi connectivity index (χ2n) is 6.57. The summed E-state index contributed by atoms with van der Waals surface area (Å²) in [5, 5.41) is 10.5. The van der Waals surface area contributed by atoms with Crippen LogP contribution in [0, 0.1) is 5.92 Å². The summed E-state index contributed by atoms with van der Waals surface area (Å²) in [7, 11) is 0. The number of hydrogen-bond acceptors (Lipinski definition) is 3. The van der Waals surface area contributed by atoms with Gasteiger partial charge in [0.1, 0.15) is 0 Å². The van der Waals surface area contributed by atoms with Crippen LogP contribution in [-0.2, 0) is 0 Å². The molecule has 24 heavy (non-hydrogen) atoms. The average Bonchev–Trinajstić information content (AvgIpc) is 2.67. The van der Waals surface area contributed by atoms with Gasteiger partial charge in [0.15, 0.2) is 5.78 Å². The van der Waals surface area contributed by atoms with E-state index in [1.807, 2.05) is 60.7 Å². The highest BCUT2D eigenvalue weighted by atomic mass is 16.3. The molecular weight excluding hydrogens is 298 g/mol. The van der Waals surface area contributed by atoms with Crippen LogP contribution in [-0.4, -0.2) is 35.4 Å². The predicted molar refractivity (Wildman–Crippen MR) is 96.0 cm³/mol. The number of carbonyl (C=O) groups is 1. The zero-order valence-electron chi connectivity index (χ0n) is 14.0.